The first-order chi connectivity index (χ1) is 17.6. The van der Waals surface area contributed by atoms with Gasteiger partial charge < -0.3 is 10.1 Å². The molecule has 0 atom stereocenters. The van der Waals surface area contributed by atoms with Crippen LogP contribution in [-0.2, 0) is 14.8 Å². The van der Waals surface area contributed by atoms with Crippen molar-refractivity contribution in [2.45, 2.75) is 30.1 Å². The summed E-state index contributed by atoms with van der Waals surface area (Å²) >= 11 is 1.68. The maximum Gasteiger partial charge on any atom is 0.273 e. The van der Waals surface area contributed by atoms with Crippen LogP contribution in [0, 0.1) is 24.0 Å². The summed E-state index contributed by atoms with van der Waals surface area (Å²) in [6, 6.07) is 18.1. The van der Waals surface area contributed by atoms with E-state index in [1.807, 2.05) is 31.2 Å². The van der Waals surface area contributed by atoms with E-state index in [1.165, 1.54) is 43.9 Å². The van der Waals surface area contributed by atoms with E-state index in [-0.39, 0.29) is 16.3 Å². The minimum Gasteiger partial charge on any atom is -0.497 e. The number of thioether (sulfide) groups is 1. The number of nitro benzene ring substituents is 1. The van der Waals surface area contributed by atoms with E-state index in [0.29, 0.717) is 24.3 Å². The van der Waals surface area contributed by atoms with Crippen LogP contribution in [0.1, 0.15) is 17.5 Å². The van der Waals surface area contributed by atoms with Crippen LogP contribution in [0.4, 0.5) is 11.4 Å². The third-order valence-corrected chi connectivity index (χ3v) is 8.41. The molecule has 37 heavy (non-hydrogen) atoms. The lowest BCUT2D eigenvalue weighted by atomic mass is 10.2. The second-order valence-corrected chi connectivity index (χ2v) is 11.3. The van der Waals surface area contributed by atoms with E-state index in [0.717, 1.165) is 21.0 Å². The average molecular weight is 544 g/mol. The highest BCUT2D eigenvalue weighted by atomic mass is 32.2. The Morgan fingerprint density at radius 2 is 1.73 bits per heavy atom. The highest BCUT2D eigenvalue weighted by Crippen LogP contribution is 2.29. The Labute approximate surface area is 221 Å². The molecule has 1 amide bonds. The van der Waals surface area contributed by atoms with Crippen molar-refractivity contribution in [1.82, 2.24) is 5.32 Å². The van der Waals surface area contributed by atoms with Crippen LogP contribution >= 0.6 is 11.8 Å². The SMILES string of the molecule is COc1ccc(N(CC(=O)NCCCSc2ccc(C)cc2)S(=O)(=O)c2ccc(C)c([N+](=O)[O-])c2)cc1. The molecule has 0 spiro atoms. The van der Waals surface area contributed by atoms with Gasteiger partial charge in [-0.25, -0.2) is 8.42 Å². The van der Waals surface area contributed by atoms with Crippen molar-refractivity contribution in [2.75, 3.05) is 30.3 Å². The number of carbonyl (C=O) groups is 1. The van der Waals surface area contributed by atoms with Gasteiger partial charge in [0.15, 0.2) is 0 Å². The summed E-state index contributed by atoms with van der Waals surface area (Å²) in [4.78, 5) is 24.4. The second kappa shape index (κ2) is 12.6. The van der Waals surface area contributed by atoms with Gasteiger partial charge in [0.1, 0.15) is 12.3 Å². The number of nitrogens with one attached hydrogen (secondary N) is 1. The number of nitrogens with zero attached hydrogens (tertiary/aromatic N) is 2. The zero-order valence-electron chi connectivity index (χ0n) is 20.8. The summed E-state index contributed by atoms with van der Waals surface area (Å²) in [6.45, 7) is 3.45. The van der Waals surface area contributed by atoms with Crippen LogP contribution < -0.4 is 14.4 Å². The number of hydrogen-bond donors (Lipinski definition) is 1. The molecule has 0 aromatic heterocycles. The van der Waals surface area contributed by atoms with E-state index >= 15 is 0 Å². The number of aryl methyl sites for hydroxylation is 2. The number of hydrogen-bond acceptors (Lipinski definition) is 7. The largest absolute Gasteiger partial charge is 0.497 e. The molecule has 11 heteroatoms. The Balaban J connectivity index is 1.73. The predicted octanol–water partition coefficient (Wildman–Crippen LogP) is 4.71. The topological polar surface area (TPSA) is 119 Å². The van der Waals surface area contributed by atoms with E-state index in [1.54, 1.807) is 23.9 Å². The van der Waals surface area contributed by atoms with Crippen molar-refractivity contribution in [3.63, 3.8) is 0 Å². The first-order valence-electron chi connectivity index (χ1n) is 11.5. The molecular weight excluding hydrogens is 514 g/mol. The van der Waals surface area contributed by atoms with Crippen molar-refractivity contribution in [1.29, 1.82) is 0 Å². The normalized spacial score (nSPS) is 11.1. The number of amides is 1. The molecule has 3 aromatic rings. The summed E-state index contributed by atoms with van der Waals surface area (Å²) in [5.74, 6) is 0.820. The number of anilines is 1. The predicted molar refractivity (Wildman–Crippen MR) is 145 cm³/mol. The Kier molecular flexibility index (Phi) is 9.54. The van der Waals surface area contributed by atoms with Gasteiger partial charge >= 0.3 is 0 Å². The summed E-state index contributed by atoms with van der Waals surface area (Å²) in [7, 11) is -2.81. The molecule has 0 heterocycles. The first-order valence-corrected chi connectivity index (χ1v) is 13.9. The lowest BCUT2D eigenvalue weighted by molar-refractivity contribution is -0.385. The van der Waals surface area contributed by atoms with Crippen molar-refractivity contribution >= 4 is 39.1 Å². The highest BCUT2D eigenvalue weighted by molar-refractivity contribution is 7.99. The molecule has 196 valence electrons. The standard InChI is InChI=1S/C26H29N3O6S2/c1-19-5-12-23(13-6-19)36-16-4-15-27-26(30)18-28(21-8-10-22(35-3)11-9-21)37(33,34)24-14-7-20(2)25(17-24)29(31)32/h5-14,17H,4,15-16,18H2,1-3H3,(H,27,30). The number of ether oxygens (including phenoxy) is 1. The van der Waals surface area contributed by atoms with E-state index in [2.05, 4.69) is 5.32 Å². The molecule has 0 aliphatic rings. The fourth-order valence-corrected chi connectivity index (χ4v) is 5.74. The molecule has 0 fully saturated rings. The number of sulfonamides is 1. The van der Waals surface area contributed by atoms with Gasteiger partial charge in [0, 0.05) is 23.1 Å². The van der Waals surface area contributed by atoms with Gasteiger partial charge in [0.25, 0.3) is 15.7 Å². The van der Waals surface area contributed by atoms with E-state index in [9.17, 15) is 23.3 Å². The Hall–Kier alpha value is -3.57. The monoisotopic (exact) mass is 543 g/mol. The van der Waals surface area contributed by atoms with Crippen LogP contribution in [0.2, 0.25) is 0 Å². The van der Waals surface area contributed by atoms with Crippen molar-refractivity contribution in [2.24, 2.45) is 0 Å². The van der Waals surface area contributed by atoms with Crippen molar-refractivity contribution in [3.05, 3.63) is 88.0 Å². The van der Waals surface area contributed by atoms with Crippen LogP contribution in [0.15, 0.2) is 76.5 Å². The number of carbonyl (C=O) groups excluding carboxylic acids is 1. The molecule has 0 aliphatic heterocycles. The smallest absolute Gasteiger partial charge is 0.273 e. The molecule has 3 rings (SSSR count). The summed E-state index contributed by atoms with van der Waals surface area (Å²) < 4.78 is 33.2. The third-order valence-electron chi connectivity index (χ3n) is 5.55. The van der Waals surface area contributed by atoms with Gasteiger partial charge in [-0.1, -0.05) is 23.8 Å². The maximum absolute atomic E-state index is 13.6. The minimum atomic E-state index is -4.29. The quantitative estimate of drug-likeness (QED) is 0.152. The number of benzene rings is 3. The zero-order chi connectivity index (χ0) is 27.0. The Morgan fingerprint density at radius 1 is 1.05 bits per heavy atom. The molecule has 0 aliphatic carbocycles. The maximum atomic E-state index is 13.6. The van der Waals surface area contributed by atoms with Gasteiger partial charge in [-0.2, -0.15) is 0 Å². The lowest BCUT2D eigenvalue weighted by Gasteiger charge is -2.24. The fraction of sp³-hybridized carbons (Fsp3) is 0.269. The summed E-state index contributed by atoms with van der Waals surface area (Å²) in [6.07, 6.45) is 0.698. The van der Waals surface area contributed by atoms with Crippen molar-refractivity contribution < 1.29 is 22.9 Å². The van der Waals surface area contributed by atoms with E-state index in [4.69, 9.17) is 4.74 Å². The minimum absolute atomic E-state index is 0.231. The highest BCUT2D eigenvalue weighted by Gasteiger charge is 2.29. The van der Waals surface area contributed by atoms with Gasteiger partial charge in [0.2, 0.25) is 5.91 Å². The summed E-state index contributed by atoms with van der Waals surface area (Å²) in [5, 5.41) is 14.2. The van der Waals surface area contributed by atoms with Crippen LogP contribution in [0.25, 0.3) is 0 Å². The van der Waals surface area contributed by atoms with E-state index < -0.39 is 27.4 Å². The molecule has 0 radical (unpaired) electrons. The van der Waals surface area contributed by atoms with Gasteiger partial charge in [0.05, 0.1) is 22.6 Å². The molecule has 0 bridgehead atoms. The Bertz CT molecular complexity index is 1340. The Morgan fingerprint density at radius 3 is 2.35 bits per heavy atom. The van der Waals surface area contributed by atoms with Crippen LogP contribution in [-0.4, -0.2) is 45.2 Å². The molecule has 0 saturated carbocycles. The van der Waals surface area contributed by atoms with Gasteiger partial charge in [-0.15, -0.1) is 11.8 Å². The molecule has 9 nitrogen and oxygen atoms in total. The van der Waals surface area contributed by atoms with Crippen molar-refractivity contribution in [3.8, 4) is 5.75 Å². The first kappa shape index (κ1) is 28.0. The second-order valence-electron chi connectivity index (χ2n) is 8.28. The number of nitro groups is 1. The molecule has 0 unspecified atom stereocenters. The molecule has 0 saturated heterocycles. The fourth-order valence-electron chi connectivity index (χ4n) is 3.45. The molecule has 3 aromatic carbocycles. The molecular formula is C26H29N3O6S2. The zero-order valence-corrected chi connectivity index (χ0v) is 22.5. The van der Waals surface area contributed by atoms with Gasteiger partial charge in [-0.3, -0.25) is 19.2 Å². The average Bonchev–Trinajstić information content (AvgIpc) is 2.88. The third kappa shape index (κ3) is 7.46. The molecule has 1 N–H and O–H groups in total. The summed E-state index contributed by atoms with van der Waals surface area (Å²) in [5.41, 5.74) is 1.44. The van der Waals surface area contributed by atoms with Crippen LogP contribution in [0.5, 0.6) is 5.75 Å². The number of methoxy groups -OCH3 is 1. The van der Waals surface area contributed by atoms with Crippen LogP contribution in [0.3, 0.4) is 0 Å². The number of rotatable bonds is 12. The van der Waals surface area contributed by atoms with Gasteiger partial charge in [-0.05, 0) is 68.5 Å². The lowest BCUT2D eigenvalue weighted by Crippen LogP contribution is -2.41.